The summed E-state index contributed by atoms with van der Waals surface area (Å²) in [6, 6.07) is 4.31. The Morgan fingerprint density at radius 3 is 2.28 bits per heavy atom. The Kier molecular flexibility index (Phi) is 6.85. The van der Waals surface area contributed by atoms with Crippen LogP contribution in [-0.2, 0) is 22.4 Å². The maximum Gasteiger partial charge on any atom is 0.269 e. The highest BCUT2D eigenvalue weighted by molar-refractivity contribution is 7.80. The van der Waals surface area contributed by atoms with Crippen LogP contribution in [-0.4, -0.2) is 52.9 Å². The summed E-state index contributed by atoms with van der Waals surface area (Å²) in [7, 11) is 0. The first-order valence-electron chi connectivity index (χ1n) is 13.2. The lowest BCUT2D eigenvalue weighted by Gasteiger charge is -2.39. The van der Waals surface area contributed by atoms with Gasteiger partial charge in [-0.05, 0) is 68.4 Å². The summed E-state index contributed by atoms with van der Waals surface area (Å²) in [4.78, 5) is 32.8. The molecule has 1 fully saturated rings. The number of amides is 2. The Labute approximate surface area is 218 Å². The molecule has 0 spiro atoms. The van der Waals surface area contributed by atoms with Crippen molar-refractivity contribution in [3.63, 3.8) is 0 Å². The lowest BCUT2D eigenvalue weighted by Crippen LogP contribution is -2.57. The summed E-state index contributed by atoms with van der Waals surface area (Å²) in [5, 5.41) is 10.3. The maximum absolute atomic E-state index is 13.7. The Balaban J connectivity index is 1.65. The number of rotatable bonds is 6. The van der Waals surface area contributed by atoms with E-state index in [2.05, 4.69) is 17.0 Å². The van der Waals surface area contributed by atoms with Gasteiger partial charge in [-0.15, -0.1) is 0 Å². The fourth-order valence-corrected chi connectivity index (χ4v) is 5.98. The second-order valence-corrected chi connectivity index (χ2v) is 10.2. The fraction of sp³-hybridized carbons (Fsp3) is 0.500. The third-order valence-corrected chi connectivity index (χ3v) is 7.89. The predicted octanol–water partition coefficient (Wildman–Crippen LogP) is 4.49. The molecule has 36 heavy (non-hydrogen) atoms. The molecule has 1 saturated heterocycles. The summed E-state index contributed by atoms with van der Waals surface area (Å²) >= 11 is 5.59. The number of anilines is 1. The third kappa shape index (κ3) is 4.00. The van der Waals surface area contributed by atoms with Crippen molar-refractivity contribution in [3.8, 4) is 11.8 Å². The molecule has 0 radical (unpaired) electrons. The van der Waals surface area contributed by atoms with Gasteiger partial charge >= 0.3 is 0 Å². The number of benzene rings is 1. The van der Waals surface area contributed by atoms with Crippen LogP contribution >= 0.6 is 12.2 Å². The van der Waals surface area contributed by atoms with E-state index in [1.165, 1.54) is 21.1 Å². The average Bonchev–Trinajstić information content (AvgIpc) is 2.89. The van der Waals surface area contributed by atoms with Crippen LogP contribution in [0.25, 0.3) is 6.08 Å². The summed E-state index contributed by atoms with van der Waals surface area (Å²) in [6.07, 6.45) is 9.10. The van der Waals surface area contributed by atoms with Gasteiger partial charge in [0.15, 0.2) is 10.9 Å². The molecule has 1 aromatic carbocycles. The summed E-state index contributed by atoms with van der Waals surface area (Å²) in [5.41, 5.74) is 4.61. The van der Waals surface area contributed by atoms with Gasteiger partial charge in [-0.3, -0.25) is 19.4 Å². The highest BCUT2D eigenvalue weighted by Crippen LogP contribution is 2.46. The van der Waals surface area contributed by atoms with Crippen molar-refractivity contribution in [2.24, 2.45) is 0 Å². The zero-order valence-electron chi connectivity index (χ0n) is 21.1. The smallest absolute Gasteiger partial charge is 0.269 e. The molecule has 0 saturated carbocycles. The van der Waals surface area contributed by atoms with Crippen molar-refractivity contribution in [2.75, 3.05) is 31.1 Å². The van der Waals surface area contributed by atoms with Gasteiger partial charge in [-0.2, -0.15) is 5.26 Å². The van der Waals surface area contributed by atoms with E-state index in [1.807, 2.05) is 13.8 Å². The molecule has 1 aromatic rings. The number of carbonyl (C=O) groups is 2. The molecule has 7 nitrogen and oxygen atoms in total. The average molecular weight is 505 g/mol. The molecule has 4 aliphatic heterocycles. The van der Waals surface area contributed by atoms with Crippen LogP contribution in [0.4, 0.5) is 5.69 Å². The number of aryl methyl sites for hydroxylation is 1. The number of ether oxygens (including phenoxy) is 1. The summed E-state index contributed by atoms with van der Waals surface area (Å²) in [5.74, 6) is -0.205. The number of allylic oxidation sites excluding steroid dienone is 1. The number of nitrogens with zero attached hydrogens (tertiary/aromatic N) is 4. The van der Waals surface area contributed by atoms with Gasteiger partial charge in [0.25, 0.3) is 11.8 Å². The van der Waals surface area contributed by atoms with E-state index in [1.54, 1.807) is 6.08 Å². The second-order valence-electron chi connectivity index (χ2n) is 9.85. The standard InChI is InChI=1S/C28H32N4O3S/c1-3-5-13-31-26(33)22(27(34)32(28(31)36)14-6-4-2)25-20(17-29)16-19-15-18-9-7-11-30-12-8-10-21(23(18)30)24(19)35-25/h15-16H,3-14H2,1-2H3. The molecule has 0 unspecified atom stereocenters. The van der Waals surface area contributed by atoms with Crippen molar-refractivity contribution >= 4 is 40.9 Å². The van der Waals surface area contributed by atoms with Crippen molar-refractivity contribution < 1.29 is 14.3 Å². The summed E-state index contributed by atoms with van der Waals surface area (Å²) < 4.78 is 6.45. The lowest BCUT2D eigenvalue weighted by atomic mass is 9.87. The highest BCUT2D eigenvalue weighted by Gasteiger charge is 2.43. The number of fused-ring (bicyclic) bond motifs is 2. The van der Waals surface area contributed by atoms with Gasteiger partial charge in [0, 0.05) is 43.0 Å². The van der Waals surface area contributed by atoms with E-state index in [0.29, 0.717) is 18.8 Å². The van der Waals surface area contributed by atoms with Gasteiger partial charge in [0.1, 0.15) is 17.4 Å². The first kappa shape index (κ1) is 24.5. The van der Waals surface area contributed by atoms with E-state index in [9.17, 15) is 14.9 Å². The molecular formula is C28H32N4O3S. The Morgan fingerprint density at radius 2 is 1.67 bits per heavy atom. The highest BCUT2D eigenvalue weighted by atomic mass is 32.1. The van der Waals surface area contributed by atoms with Crippen LogP contribution in [0, 0.1) is 11.3 Å². The van der Waals surface area contributed by atoms with Crippen molar-refractivity contribution in [2.45, 2.75) is 65.2 Å². The van der Waals surface area contributed by atoms with Crippen molar-refractivity contribution in [1.29, 1.82) is 5.26 Å². The first-order valence-corrected chi connectivity index (χ1v) is 13.6. The summed E-state index contributed by atoms with van der Waals surface area (Å²) in [6.45, 7) is 7.00. The van der Waals surface area contributed by atoms with Crippen molar-refractivity contribution in [3.05, 3.63) is 39.7 Å². The molecule has 2 amide bonds. The SMILES string of the molecule is CCCCN1C(=O)C(=C2Oc3c(cc4c5c3CCCN5CCC4)C=C2C#N)C(=O)N(CCCC)C1=S. The minimum absolute atomic E-state index is 0.0645. The molecule has 4 aliphatic rings. The molecule has 0 aromatic heterocycles. The molecular weight excluding hydrogens is 472 g/mol. The minimum Gasteiger partial charge on any atom is -0.454 e. The van der Waals surface area contributed by atoms with E-state index in [4.69, 9.17) is 17.0 Å². The molecule has 5 rings (SSSR count). The monoisotopic (exact) mass is 504 g/mol. The zero-order chi connectivity index (χ0) is 25.4. The van der Waals surface area contributed by atoms with Crippen LogP contribution in [0.3, 0.4) is 0 Å². The number of carbonyl (C=O) groups excluding carboxylic acids is 2. The van der Waals surface area contributed by atoms with E-state index in [0.717, 1.165) is 75.6 Å². The van der Waals surface area contributed by atoms with Crippen LogP contribution in [0.2, 0.25) is 0 Å². The zero-order valence-corrected chi connectivity index (χ0v) is 21.9. The molecule has 188 valence electrons. The Hall–Kier alpha value is -3.18. The number of unbranched alkanes of at least 4 members (excludes halogenated alkanes) is 2. The number of hydrogen-bond donors (Lipinski definition) is 0. The number of nitriles is 1. The minimum atomic E-state index is -0.473. The van der Waals surface area contributed by atoms with E-state index < -0.39 is 11.8 Å². The molecule has 4 heterocycles. The topological polar surface area (TPSA) is 76.9 Å². The molecule has 0 N–H and O–H groups in total. The van der Waals surface area contributed by atoms with Gasteiger partial charge < -0.3 is 9.64 Å². The largest absolute Gasteiger partial charge is 0.454 e. The van der Waals surface area contributed by atoms with Crippen LogP contribution in [0.1, 0.15) is 69.1 Å². The predicted molar refractivity (Wildman–Crippen MR) is 142 cm³/mol. The molecule has 0 atom stereocenters. The van der Waals surface area contributed by atoms with Crippen LogP contribution in [0.15, 0.2) is 23.0 Å². The van der Waals surface area contributed by atoms with Gasteiger partial charge in [-0.25, -0.2) is 0 Å². The van der Waals surface area contributed by atoms with Crippen LogP contribution in [0.5, 0.6) is 5.75 Å². The van der Waals surface area contributed by atoms with Gasteiger partial charge in [-0.1, -0.05) is 26.7 Å². The second kappa shape index (κ2) is 10.1. The molecule has 0 bridgehead atoms. The van der Waals surface area contributed by atoms with E-state index in [-0.39, 0.29) is 22.0 Å². The molecule has 8 heteroatoms. The Morgan fingerprint density at radius 1 is 1.03 bits per heavy atom. The molecule has 0 aliphatic carbocycles. The first-order chi connectivity index (χ1) is 17.5. The van der Waals surface area contributed by atoms with Crippen molar-refractivity contribution in [1.82, 2.24) is 9.80 Å². The lowest BCUT2D eigenvalue weighted by molar-refractivity contribution is -0.134. The fourth-order valence-electron chi connectivity index (χ4n) is 5.63. The quantitative estimate of drug-likeness (QED) is 0.323. The third-order valence-electron chi connectivity index (χ3n) is 7.45. The van der Waals surface area contributed by atoms with Gasteiger partial charge in [0.2, 0.25) is 0 Å². The normalized spacial score (nSPS) is 19.1. The Bertz CT molecular complexity index is 1210. The maximum atomic E-state index is 13.7. The number of thiocarbonyl (C=S) groups is 1. The van der Waals surface area contributed by atoms with E-state index >= 15 is 0 Å². The van der Waals surface area contributed by atoms with Crippen LogP contribution < -0.4 is 9.64 Å². The van der Waals surface area contributed by atoms with Gasteiger partial charge in [0.05, 0.1) is 5.57 Å². The number of hydrogen-bond acceptors (Lipinski definition) is 6.